The molecule has 0 aliphatic carbocycles. The maximum atomic E-state index is 11.9. The Balaban J connectivity index is 2.33. The van der Waals surface area contributed by atoms with Crippen LogP contribution in [0.25, 0.3) is 0 Å². The molecular formula is C13H17N3O3. The van der Waals surface area contributed by atoms with Gasteiger partial charge in [-0.2, -0.15) is 0 Å². The Morgan fingerprint density at radius 3 is 2.63 bits per heavy atom. The summed E-state index contributed by atoms with van der Waals surface area (Å²) in [6.07, 6.45) is 0.920. The fraction of sp³-hybridized carbons (Fsp3) is 0.462. The number of imide groups is 1. The van der Waals surface area contributed by atoms with E-state index in [1.807, 2.05) is 0 Å². The predicted molar refractivity (Wildman–Crippen MR) is 69.4 cm³/mol. The minimum atomic E-state index is -0.818. The molecule has 2 rings (SSSR count). The number of amides is 2. The number of aromatic nitrogens is 1. The van der Waals surface area contributed by atoms with Crippen LogP contribution < -0.4 is 10.2 Å². The summed E-state index contributed by atoms with van der Waals surface area (Å²) in [5, 5.41) is 11.7. The summed E-state index contributed by atoms with van der Waals surface area (Å²) in [5.74, 6) is -0.660. The fourth-order valence-electron chi connectivity index (χ4n) is 2.00. The van der Waals surface area contributed by atoms with E-state index in [9.17, 15) is 14.7 Å². The van der Waals surface area contributed by atoms with Gasteiger partial charge in [0.15, 0.2) is 0 Å². The Bertz CT molecular complexity index is 508. The number of anilines is 1. The lowest BCUT2D eigenvalue weighted by Gasteiger charge is -2.41. The molecule has 2 N–H and O–H groups in total. The number of carbonyl (C=O) groups excluding carboxylic acids is 2. The first kappa shape index (κ1) is 13.5. The molecule has 0 saturated carbocycles. The maximum absolute atomic E-state index is 11.9. The minimum absolute atomic E-state index is 0.106. The molecule has 1 fully saturated rings. The van der Waals surface area contributed by atoms with Crippen LogP contribution >= 0.6 is 0 Å². The Morgan fingerprint density at radius 2 is 2.11 bits per heavy atom. The Kier molecular flexibility index (Phi) is 3.28. The highest BCUT2D eigenvalue weighted by molar-refractivity contribution is 6.06. The third kappa shape index (κ3) is 2.44. The summed E-state index contributed by atoms with van der Waals surface area (Å²) in [6.45, 7) is 5.23. The fourth-order valence-corrected chi connectivity index (χ4v) is 2.00. The second-order valence-electron chi connectivity index (χ2n) is 5.14. The van der Waals surface area contributed by atoms with Crippen molar-refractivity contribution in [2.24, 2.45) is 0 Å². The minimum Gasteiger partial charge on any atom is -0.387 e. The molecule has 0 bridgehead atoms. The van der Waals surface area contributed by atoms with Gasteiger partial charge < -0.3 is 10.0 Å². The van der Waals surface area contributed by atoms with Crippen LogP contribution in [0.4, 0.5) is 5.69 Å². The summed E-state index contributed by atoms with van der Waals surface area (Å²) in [4.78, 5) is 29.2. The van der Waals surface area contributed by atoms with Gasteiger partial charge in [-0.3, -0.25) is 19.9 Å². The van der Waals surface area contributed by atoms with E-state index in [1.54, 1.807) is 44.0 Å². The molecule has 1 saturated heterocycles. The Hall–Kier alpha value is -1.95. The Morgan fingerprint density at radius 1 is 1.42 bits per heavy atom. The quantitative estimate of drug-likeness (QED) is 0.754. The summed E-state index contributed by atoms with van der Waals surface area (Å²) < 4.78 is 0. The van der Waals surface area contributed by atoms with Crippen molar-refractivity contribution in [3.63, 3.8) is 0 Å². The smallest absolute Gasteiger partial charge is 0.251 e. The van der Waals surface area contributed by atoms with E-state index in [0.717, 1.165) is 0 Å². The molecule has 19 heavy (non-hydrogen) atoms. The second kappa shape index (κ2) is 4.62. The van der Waals surface area contributed by atoms with Crippen LogP contribution in [0.3, 0.4) is 0 Å². The normalized spacial score (nSPS) is 20.1. The van der Waals surface area contributed by atoms with Crippen LogP contribution in [-0.4, -0.2) is 34.0 Å². The summed E-state index contributed by atoms with van der Waals surface area (Å²) >= 11 is 0. The number of aliphatic hydroxyl groups excluding tert-OH is 1. The van der Waals surface area contributed by atoms with Gasteiger partial charge in [0.2, 0.25) is 5.91 Å². The number of pyridine rings is 1. The highest BCUT2D eigenvalue weighted by Gasteiger charge is 2.41. The van der Waals surface area contributed by atoms with Gasteiger partial charge in [-0.05, 0) is 32.9 Å². The third-order valence-corrected chi connectivity index (χ3v) is 3.30. The van der Waals surface area contributed by atoms with Gasteiger partial charge in [0, 0.05) is 0 Å². The molecule has 2 heterocycles. The molecule has 1 aromatic heterocycles. The number of carbonyl (C=O) groups is 2. The first-order chi connectivity index (χ1) is 8.82. The number of aliphatic hydroxyl groups is 1. The van der Waals surface area contributed by atoms with Crippen molar-refractivity contribution < 1.29 is 14.7 Å². The number of nitrogens with zero attached hydrogens (tertiary/aromatic N) is 2. The molecule has 0 aromatic carbocycles. The zero-order valence-corrected chi connectivity index (χ0v) is 11.2. The monoisotopic (exact) mass is 263 g/mol. The van der Waals surface area contributed by atoms with Crippen LogP contribution in [0, 0.1) is 0 Å². The van der Waals surface area contributed by atoms with Crippen LogP contribution in [-0.2, 0) is 9.59 Å². The molecule has 1 aliphatic heterocycles. The molecule has 2 amide bonds. The van der Waals surface area contributed by atoms with Crippen molar-refractivity contribution in [1.82, 2.24) is 10.3 Å². The predicted octanol–water partition coefficient (Wildman–Crippen LogP) is 0.376. The zero-order valence-electron chi connectivity index (χ0n) is 11.2. The van der Waals surface area contributed by atoms with Gasteiger partial charge in [-0.25, -0.2) is 0 Å². The molecule has 0 unspecified atom stereocenters. The van der Waals surface area contributed by atoms with Crippen molar-refractivity contribution >= 4 is 17.5 Å². The molecule has 6 heteroatoms. The zero-order chi connectivity index (χ0) is 14.2. The molecule has 102 valence electrons. The van der Waals surface area contributed by atoms with Gasteiger partial charge in [0.05, 0.1) is 30.2 Å². The standard InChI is InChI=1S/C13H17N3O3/c1-8(17)10-5-4-9(6-14-10)16-7-11(18)15-12(19)13(16,2)3/h4-6,8,17H,7H2,1-3H3,(H,15,18,19)/t8-/m0/s1. The molecule has 1 aromatic rings. The average Bonchev–Trinajstić information content (AvgIpc) is 2.34. The maximum Gasteiger partial charge on any atom is 0.251 e. The second-order valence-corrected chi connectivity index (χ2v) is 5.14. The van der Waals surface area contributed by atoms with Crippen LogP contribution in [0.15, 0.2) is 18.3 Å². The first-order valence-corrected chi connectivity index (χ1v) is 6.08. The van der Waals surface area contributed by atoms with Crippen LogP contribution in [0.1, 0.15) is 32.6 Å². The number of piperazine rings is 1. The molecule has 1 atom stereocenters. The van der Waals surface area contributed by atoms with E-state index in [-0.39, 0.29) is 18.4 Å². The van der Waals surface area contributed by atoms with Crippen molar-refractivity contribution in [2.75, 3.05) is 11.4 Å². The van der Waals surface area contributed by atoms with Gasteiger partial charge >= 0.3 is 0 Å². The van der Waals surface area contributed by atoms with Gasteiger partial charge in [-0.15, -0.1) is 0 Å². The molecule has 1 aliphatic rings. The highest BCUT2D eigenvalue weighted by atomic mass is 16.3. The van der Waals surface area contributed by atoms with E-state index in [2.05, 4.69) is 10.3 Å². The third-order valence-electron chi connectivity index (χ3n) is 3.30. The lowest BCUT2D eigenvalue weighted by Crippen LogP contribution is -2.64. The molecular weight excluding hydrogens is 246 g/mol. The van der Waals surface area contributed by atoms with E-state index in [4.69, 9.17) is 0 Å². The SMILES string of the molecule is C[C@H](O)c1ccc(N2CC(=O)NC(=O)C2(C)C)cn1. The van der Waals surface area contributed by atoms with Gasteiger partial charge in [-0.1, -0.05) is 0 Å². The lowest BCUT2D eigenvalue weighted by atomic mass is 9.98. The van der Waals surface area contributed by atoms with Crippen molar-refractivity contribution in [3.8, 4) is 0 Å². The Labute approximate surface area is 111 Å². The summed E-state index contributed by atoms with van der Waals surface area (Å²) in [7, 11) is 0. The highest BCUT2D eigenvalue weighted by Crippen LogP contribution is 2.26. The summed E-state index contributed by atoms with van der Waals surface area (Å²) in [6, 6.07) is 3.44. The van der Waals surface area contributed by atoms with E-state index in [1.165, 1.54) is 0 Å². The van der Waals surface area contributed by atoms with Gasteiger partial charge in [0.1, 0.15) is 5.54 Å². The number of nitrogens with one attached hydrogen (secondary N) is 1. The van der Waals surface area contributed by atoms with Crippen molar-refractivity contribution in [3.05, 3.63) is 24.0 Å². The summed E-state index contributed by atoms with van der Waals surface area (Å²) in [5.41, 5.74) is 0.411. The molecule has 0 spiro atoms. The number of hydrogen-bond acceptors (Lipinski definition) is 5. The van der Waals surface area contributed by atoms with E-state index in [0.29, 0.717) is 11.4 Å². The average molecular weight is 263 g/mol. The number of hydrogen-bond donors (Lipinski definition) is 2. The van der Waals surface area contributed by atoms with Crippen molar-refractivity contribution in [2.45, 2.75) is 32.4 Å². The van der Waals surface area contributed by atoms with Crippen LogP contribution in [0.2, 0.25) is 0 Å². The number of rotatable bonds is 2. The lowest BCUT2D eigenvalue weighted by molar-refractivity contribution is -0.135. The van der Waals surface area contributed by atoms with Crippen LogP contribution in [0.5, 0.6) is 0 Å². The largest absolute Gasteiger partial charge is 0.387 e. The van der Waals surface area contributed by atoms with E-state index < -0.39 is 11.6 Å². The van der Waals surface area contributed by atoms with E-state index >= 15 is 0 Å². The van der Waals surface area contributed by atoms with Gasteiger partial charge in [0.25, 0.3) is 5.91 Å². The molecule has 0 radical (unpaired) electrons. The molecule has 6 nitrogen and oxygen atoms in total. The first-order valence-electron chi connectivity index (χ1n) is 6.08. The topological polar surface area (TPSA) is 82.5 Å². The van der Waals surface area contributed by atoms with Crippen molar-refractivity contribution in [1.29, 1.82) is 0 Å².